The van der Waals surface area contributed by atoms with Crippen molar-refractivity contribution in [1.29, 1.82) is 0 Å². The molecule has 0 rings (SSSR count). The van der Waals surface area contributed by atoms with Crippen molar-refractivity contribution in [3.63, 3.8) is 0 Å². The number of esters is 1. The molecule has 1 atom stereocenters. The van der Waals surface area contributed by atoms with Crippen LogP contribution in [-0.2, 0) is 14.3 Å². The molecular formula is C27H42NO4+. The average Bonchev–Trinajstić information content (AvgIpc) is 2.68. The molecule has 5 nitrogen and oxygen atoms in total. The molecule has 178 valence electrons. The number of aliphatic carboxylic acids is 1. The minimum atomic E-state index is -0.948. The van der Waals surface area contributed by atoms with Gasteiger partial charge in [-0.05, 0) is 25.7 Å². The van der Waals surface area contributed by atoms with Crippen LogP contribution >= 0.6 is 0 Å². The van der Waals surface area contributed by atoms with Gasteiger partial charge in [-0.15, -0.1) is 0 Å². The molecule has 5 heteroatoms. The van der Waals surface area contributed by atoms with Crippen molar-refractivity contribution in [1.82, 2.24) is 0 Å². The lowest BCUT2D eigenvalue weighted by molar-refractivity contribution is -0.873. The van der Waals surface area contributed by atoms with E-state index in [-0.39, 0.29) is 12.4 Å². The van der Waals surface area contributed by atoms with Gasteiger partial charge in [0.1, 0.15) is 6.54 Å². The van der Waals surface area contributed by atoms with Gasteiger partial charge in [0, 0.05) is 6.42 Å². The molecule has 0 aliphatic rings. The Kier molecular flexibility index (Phi) is 17.5. The first kappa shape index (κ1) is 29.3. The summed E-state index contributed by atoms with van der Waals surface area (Å²) < 4.78 is 5.94. The Morgan fingerprint density at radius 1 is 0.812 bits per heavy atom. The first-order valence-electron chi connectivity index (χ1n) is 11.4. The Balaban J connectivity index is 3.94. The fourth-order valence-corrected chi connectivity index (χ4v) is 2.80. The van der Waals surface area contributed by atoms with Crippen LogP contribution in [0.15, 0.2) is 72.9 Å². The maximum Gasteiger partial charge on any atom is 0.307 e. The van der Waals surface area contributed by atoms with E-state index in [2.05, 4.69) is 19.1 Å². The first-order chi connectivity index (χ1) is 15.2. The van der Waals surface area contributed by atoms with Crippen LogP contribution in [0.2, 0.25) is 0 Å². The summed E-state index contributed by atoms with van der Waals surface area (Å²) >= 11 is 0. The maximum atomic E-state index is 12.0. The molecule has 0 aromatic carbocycles. The van der Waals surface area contributed by atoms with E-state index in [1.54, 1.807) is 0 Å². The molecule has 0 aliphatic heterocycles. The summed E-state index contributed by atoms with van der Waals surface area (Å²) in [5.74, 6) is -1.26. The molecule has 0 aliphatic carbocycles. The van der Waals surface area contributed by atoms with E-state index in [0.29, 0.717) is 17.4 Å². The van der Waals surface area contributed by atoms with Crippen molar-refractivity contribution in [3.05, 3.63) is 72.9 Å². The number of nitrogens with zero attached hydrogens (tertiary/aromatic N) is 1. The summed E-state index contributed by atoms with van der Waals surface area (Å²) in [5.41, 5.74) is 0. The summed E-state index contributed by atoms with van der Waals surface area (Å²) in [7, 11) is 5.85. The number of hydrogen-bond donors (Lipinski definition) is 1. The number of rotatable bonds is 17. The van der Waals surface area contributed by atoms with Crippen molar-refractivity contribution in [2.75, 3.05) is 27.7 Å². The van der Waals surface area contributed by atoms with Gasteiger partial charge in [0.15, 0.2) is 6.10 Å². The van der Waals surface area contributed by atoms with Gasteiger partial charge < -0.3 is 14.3 Å². The normalized spacial score (nSPS) is 14.1. The summed E-state index contributed by atoms with van der Waals surface area (Å²) in [5, 5.41) is 9.01. The third kappa shape index (κ3) is 22.0. The highest BCUT2D eigenvalue weighted by molar-refractivity contribution is 5.71. The van der Waals surface area contributed by atoms with Crippen molar-refractivity contribution < 1.29 is 23.9 Å². The molecule has 0 radical (unpaired) electrons. The van der Waals surface area contributed by atoms with Gasteiger partial charge in [0.05, 0.1) is 27.6 Å². The molecule has 0 bridgehead atoms. The summed E-state index contributed by atoms with van der Waals surface area (Å²) in [6.07, 6.45) is 28.5. The molecule has 0 spiro atoms. The predicted octanol–water partition coefficient (Wildman–Crippen LogP) is 5.78. The maximum absolute atomic E-state index is 12.0. The molecule has 0 fully saturated rings. The lowest BCUT2D eigenvalue weighted by atomic mass is 10.1. The fraction of sp³-hybridized carbons (Fsp3) is 0.481. The second kappa shape index (κ2) is 19.1. The Bertz CT molecular complexity index is 691. The number of ether oxygens (including phenoxy) is 1. The first-order valence-corrected chi connectivity index (χ1v) is 11.4. The van der Waals surface area contributed by atoms with Crippen molar-refractivity contribution in [2.45, 2.75) is 58.0 Å². The fourth-order valence-electron chi connectivity index (χ4n) is 2.80. The molecular weight excluding hydrogens is 402 g/mol. The predicted molar refractivity (Wildman–Crippen MR) is 133 cm³/mol. The zero-order chi connectivity index (χ0) is 24.1. The third-order valence-electron chi connectivity index (χ3n) is 4.21. The summed E-state index contributed by atoms with van der Waals surface area (Å²) in [4.78, 5) is 23.0. The zero-order valence-electron chi connectivity index (χ0n) is 20.3. The number of unbranched alkanes of at least 4 members (excludes halogenated alkanes) is 3. The molecule has 0 saturated carbocycles. The molecule has 1 unspecified atom stereocenters. The summed E-state index contributed by atoms with van der Waals surface area (Å²) in [6, 6.07) is 0. The topological polar surface area (TPSA) is 63.6 Å². The van der Waals surface area contributed by atoms with Crippen molar-refractivity contribution >= 4 is 11.9 Å². The molecule has 0 aromatic heterocycles. The van der Waals surface area contributed by atoms with E-state index in [0.717, 1.165) is 32.1 Å². The molecule has 0 amide bonds. The van der Waals surface area contributed by atoms with E-state index < -0.39 is 12.1 Å². The quantitative estimate of drug-likeness (QED) is 0.134. The lowest BCUT2D eigenvalue weighted by Crippen LogP contribution is -2.43. The van der Waals surface area contributed by atoms with Crippen LogP contribution in [-0.4, -0.2) is 55.3 Å². The minimum Gasteiger partial charge on any atom is -0.481 e. The largest absolute Gasteiger partial charge is 0.481 e. The number of carbonyl (C=O) groups is 2. The van der Waals surface area contributed by atoms with Crippen LogP contribution in [0, 0.1) is 0 Å². The third-order valence-corrected chi connectivity index (χ3v) is 4.21. The molecule has 0 heterocycles. The number of likely N-dealkylation sites (N-methyl/N-ethyl adjacent to an activating group) is 1. The van der Waals surface area contributed by atoms with Crippen LogP contribution in [0.1, 0.15) is 51.9 Å². The van der Waals surface area contributed by atoms with Gasteiger partial charge in [-0.1, -0.05) is 86.3 Å². The van der Waals surface area contributed by atoms with Gasteiger partial charge in [0.2, 0.25) is 0 Å². The van der Waals surface area contributed by atoms with Crippen molar-refractivity contribution in [2.24, 2.45) is 0 Å². The second-order valence-electron chi connectivity index (χ2n) is 8.59. The van der Waals surface area contributed by atoms with Gasteiger partial charge in [-0.2, -0.15) is 0 Å². The summed E-state index contributed by atoms with van der Waals surface area (Å²) in [6.45, 7) is 2.59. The number of allylic oxidation sites excluding steroid dienone is 12. The highest BCUT2D eigenvalue weighted by atomic mass is 16.5. The van der Waals surface area contributed by atoms with Crippen LogP contribution in [0.4, 0.5) is 0 Å². The highest BCUT2D eigenvalue weighted by Gasteiger charge is 2.24. The van der Waals surface area contributed by atoms with E-state index in [1.807, 2.05) is 81.9 Å². The molecule has 0 saturated heterocycles. The Labute approximate surface area is 194 Å². The van der Waals surface area contributed by atoms with Crippen LogP contribution in [0.25, 0.3) is 0 Å². The molecule has 0 aromatic rings. The van der Waals surface area contributed by atoms with Gasteiger partial charge in [0.25, 0.3) is 0 Å². The van der Waals surface area contributed by atoms with E-state index in [4.69, 9.17) is 9.84 Å². The van der Waals surface area contributed by atoms with Gasteiger partial charge >= 0.3 is 11.9 Å². The SMILES string of the molecule is CC\C=C/C=C/C=C/C=C\C=C\C=C\CCCCCC(=O)OC(CC(=O)O)C[N+](C)(C)C. The second-order valence-corrected chi connectivity index (χ2v) is 8.59. The minimum absolute atomic E-state index is 0.154. The Morgan fingerprint density at radius 3 is 1.84 bits per heavy atom. The highest BCUT2D eigenvalue weighted by Crippen LogP contribution is 2.10. The number of quaternary nitrogens is 1. The van der Waals surface area contributed by atoms with Gasteiger partial charge in [-0.25, -0.2) is 0 Å². The zero-order valence-corrected chi connectivity index (χ0v) is 20.3. The molecule has 1 N–H and O–H groups in total. The smallest absolute Gasteiger partial charge is 0.307 e. The van der Waals surface area contributed by atoms with Crippen LogP contribution in [0.3, 0.4) is 0 Å². The monoisotopic (exact) mass is 444 g/mol. The van der Waals surface area contributed by atoms with E-state index in [9.17, 15) is 9.59 Å². The number of carboxylic acids is 1. The Hall–Kier alpha value is -2.66. The van der Waals surface area contributed by atoms with Crippen molar-refractivity contribution in [3.8, 4) is 0 Å². The van der Waals surface area contributed by atoms with Gasteiger partial charge in [-0.3, -0.25) is 9.59 Å². The number of carboxylic acid groups (broad SMARTS) is 1. The Morgan fingerprint density at radius 2 is 1.34 bits per heavy atom. The lowest BCUT2D eigenvalue weighted by Gasteiger charge is -2.28. The average molecular weight is 445 g/mol. The van der Waals surface area contributed by atoms with E-state index >= 15 is 0 Å². The van der Waals surface area contributed by atoms with Crippen LogP contribution < -0.4 is 0 Å². The molecule has 32 heavy (non-hydrogen) atoms. The standard InChI is InChI=1S/C27H41NO4/c1-5-6-7-8-9-10-11-12-13-14-15-16-17-18-19-20-21-22-27(31)32-25(23-26(29)30)24-28(2,3)4/h6-17,25H,5,18-24H2,1-4H3/p+1/b7-6-,9-8+,11-10+,13-12-,15-14+,17-16+. The van der Waals surface area contributed by atoms with Crippen LogP contribution in [0.5, 0.6) is 0 Å². The number of carbonyl (C=O) groups excluding carboxylic acids is 1. The van der Waals surface area contributed by atoms with E-state index in [1.165, 1.54) is 0 Å². The number of hydrogen-bond acceptors (Lipinski definition) is 3.